The first kappa shape index (κ1) is 13.8. The van der Waals surface area contributed by atoms with Gasteiger partial charge in [-0.3, -0.25) is 4.79 Å². The lowest BCUT2D eigenvalue weighted by atomic mass is 10.1. The van der Waals surface area contributed by atoms with Gasteiger partial charge in [-0.1, -0.05) is 29.8 Å². The molecule has 2 aromatic rings. The SMILES string of the molecule is Cc1ccc([C@H](O)CNC(=O)c2sccc2C)cc1. The maximum absolute atomic E-state index is 11.9. The van der Waals surface area contributed by atoms with Crippen LogP contribution in [0.1, 0.15) is 32.5 Å². The quantitative estimate of drug-likeness (QED) is 0.901. The molecule has 0 aliphatic carbocycles. The van der Waals surface area contributed by atoms with Crippen LogP contribution in [0.5, 0.6) is 0 Å². The van der Waals surface area contributed by atoms with Crippen LogP contribution in [-0.4, -0.2) is 17.6 Å². The molecular formula is C15H17NO2S. The number of aliphatic hydroxyl groups excluding tert-OH is 1. The Bertz CT molecular complexity index is 560. The van der Waals surface area contributed by atoms with Crippen LogP contribution in [-0.2, 0) is 0 Å². The number of carbonyl (C=O) groups excluding carboxylic acids is 1. The van der Waals surface area contributed by atoms with Crippen molar-refractivity contribution < 1.29 is 9.90 Å². The van der Waals surface area contributed by atoms with Crippen LogP contribution in [0.25, 0.3) is 0 Å². The van der Waals surface area contributed by atoms with Gasteiger partial charge in [-0.05, 0) is 36.4 Å². The number of aliphatic hydroxyl groups is 1. The lowest BCUT2D eigenvalue weighted by molar-refractivity contribution is 0.0920. The monoisotopic (exact) mass is 275 g/mol. The molecule has 0 bridgehead atoms. The maximum atomic E-state index is 11.9. The predicted molar refractivity (Wildman–Crippen MR) is 77.5 cm³/mol. The summed E-state index contributed by atoms with van der Waals surface area (Å²) in [4.78, 5) is 12.6. The third-order valence-corrected chi connectivity index (χ3v) is 4.00. The summed E-state index contributed by atoms with van der Waals surface area (Å²) in [6, 6.07) is 9.56. The maximum Gasteiger partial charge on any atom is 0.261 e. The Morgan fingerprint density at radius 2 is 1.95 bits per heavy atom. The van der Waals surface area contributed by atoms with Gasteiger partial charge in [0.15, 0.2) is 0 Å². The molecule has 1 amide bonds. The molecule has 100 valence electrons. The third-order valence-electron chi connectivity index (χ3n) is 2.99. The van der Waals surface area contributed by atoms with Crippen molar-refractivity contribution in [1.82, 2.24) is 5.32 Å². The van der Waals surface area contributed by atoms with E-state index in [1.165, 1.54) is 11.3 Å². The van der Waals surface area contributed by atoms with Crippen LogP contribution in [0, 0.1) is 13.8 Å². The summed E-state index contributed by atoms with van der Waals surface area (Å²) in [5.74, 6) is -0.126. The molecule has 19 heavy (non-hydrogen) atoms. The molecule has 0 unspecified atom stereocenters. The molecule has 1 heterocycles. The molecule has 0 spiro atoms. The van der Waals surface area contributed by atoms with E-state index in [1.54, 1.807) is 0 Å². The Balaban J connectivity index is 1.94. The fraction of sp³-hybridized carbons (Fsp3) is 0.267. The van der Waals surface area contributed by atoms with Crippen LogP contribution in [0.3, 0.4) is 0 Å². The van der Waals surface area contributed by atoms with Crippen molar-refractivity contribution in [1.29, 1.82) is 0 Å². The molecule has 2 N–H and O–H groups in total. The molecular weight excluding hydrogens is 258 g/mol. The van der Waals surface area contributed by atoms with Crippen molar-refractivity contribution >= 4 is 17.2 Å². The smallest absolute Gasteiger partial charge is 0.261 e. The molecule has 0 aliphatic heterocycles. The van der Waals surface area contributed by atoms with Crippen molar-refractivity contribution in [3.63, 3.8) is 0 Å². The van der Waals surface area contributed by atoms with Crippen molar-refractivity contribution in [2.45, 2.75) is 20.0 Å². The zero-order valence-electron chi connectivity index (χ0n) is 11.0. The molecule has 2 rings (SSSR count). The van der Waals surface area contributed by atoms with Crippen molar-refractivity contribution in [3.05, 3.63) is 57.3 Å². The van der Waals surface area contributed by atoms with Gasteiger partial charge in [-0.25, -0.2) is 0 Å². The number of hydrogen-bond acceptors (Lipinski definition) is 3. The highest BCUT2D eigenvalue weighted by Crippen LogP contribution is 2.16. The molecule has 0 radical (unpaired) electrons. The minimum absolute atomic E-state index is 0.126. The highest BCUT2D eigenvalue weighted by atomic mass is 32.1. The van der Waals surface area contributed by atoms with Gasteiger partial charge in [0.05, 0.1) is 11.0 Å². The van der Waals surface area contributed by atoms with E-state index in [1.807, 2.05) is 49.6 Å². The highest BCUT2D eigenvalue weighted by Gasteiger charge is 2.13. The molecule has 0 aliphatic rings. The summed E-state index contributed by atoms with van der Waals surface area (Å²) in [6.07, 6.45) is -0.676. The van der Waals surface area contributed by atoms with Gasteiger partial charge in [0, 0.05) is 6.54 Å². The van der Waals surface area contributed by atoms with E-state index in [2.05, 4.69) is 5.32 Å². The van der Waals surface area contributed by atoms with Gasteiger partial charge in [0.25, 0.3) is 5.91 Å². The largest absolute Gasteiger partial charge is 0.387 e. The molecule has 1 aromatic carbocycles. The Morgan fingerprint density at radius 1 is 1.26 bits per heavy atom. The standard InChI is InChI=1S/C15H17NO2S/c1-10-3-5-12(6-4-10)13(17)9-16-15(18)14-11(2)7-8-19-14/h3-8,13,17H,9H2,1-2H3,(H,16,18)/t13-/m1/s1. The lowest BCUT2D eigenvalue weighted by Gasteiger charge is -2.12. The summed E-state index contributed by atoms with van der Waals surface area (Å²) in [6.45, 7) is 4.12. The molecule has 0 saturated heterocycles. The second-order valence-electron chi connectivity index (χ2n) is 4.57. The third kappa shape index (κ3) is 3.43. The Kier molecular flexibility index (Phi) is 4.35. The number of amides is 1. The van der Waals surface area contributed by atoms with E-state index in [4.69, 9.17) is 0 Å². The van der Waals surface area contributed by atoms with Crippen molar-refractivity contribution in [3.8, 4) is 0 Å². The van der Waals surface area contributed by atoms with Gasteiger partial charge in [-0.15, -0.1) is 11.3 Å². The van der Waals surface area contributed by atoms with Gasteiger partial charge in [0.1, 0.15) is 0 Å². The average Bonchev–Trinajstić information content (AvgIpc) is 2.83. The van der Waals surface area contributed by atoms with Crippen molar-refractivity contribution in [2.75, 3.05) is 6.54 Å². The molecule has 4 heteroatoms. The number of aryl methyl sites for hydroxylation is 2. The van der Waals surface area contributed by atoms with E-state index in [0.29, 0.717) is 4.88 Å². The number of rotatable bonds is 4. The zero-order valence-corrected chi connectivity index (χ0v) is 11.8. The zero-order chi connectivity index (χ0) is 13.8. The fourth-order valence-electron chi connectivity index (χ4n) is 1.78. The first-order chi connectivity index (χ1) is 9.08. The summed E-state index contributed by atoms with van der Waals surface area (Å²) in [5.41, 5.74) is 2.93. The molecule has 1 atom stereocenters. The van der Waals surface area contributed by atoms with Crippen LogP contribution in [0.4, 0.5) is 0 Å². The first-order valence-electron chi connectivity index (χ1n) is 6.15. The Hall–Kier alpha value is -1.65. The predicted octanol–water partition coefficient (Wildman–Crippen LogP) is 2.83. The Labute approximate surface area is 116 Å². The van der Waals surface area contributed by atoms with E-state index in [9.17, 15) is 9.90 Å². The normalized spacial score (nSPS) is 12.2. The molecule has 1 aromatic heterocycles. The van der Waals surface area contributed by atoms with Crippen LogP contribution in [0.2, 0.25) is 0 Å². The summed E-state index contributed by atoms with van der Waals surface area (Å²) >= 11 is 1.41. The number of carbonyl (C=O) groups is 1. The molecule has 3 nitrogen and oxygen atoms in total. The Morgan fingerprint density at radius 3 is 2.53 bits per heavy atom. The number of thiophene rings is 1. The topological polar surface area (TPSA) is 49.3 Å². The summed E-state index contributed by atoms with van der Waals surface area (Å²) in [5, 5.41) is 14.7. The minimum atomic E-state index is -0.676. The van der Waals surface area contributed by atoms with Crippen molar-refractivity contribution in [2.24, 2.45) is 0 Å². The highest BCUT2D eigenvalue weighted by molar-refractivity contribution is 7.12. The first-order valence-corrected chi connectivity index (χ1v) is 7.03. The van der Waals surface area contributed by atoms with E-state index in [0.717, 1.165) is 16.7 Å². The van der Waals surface area contributed by atoms with E-state index >= 15 is 0 Å². The van der Waals surface area contributed by atoms with E-state index in [-0.39, 0.29) is 12.5 Å². The van der Waals surface area contributed by atoms with E-state index < -0.39 is 6.10 Å². The van der Waals surface area contributed by atoms with Crippen LogP contribution >= 0.6 is 11.3 Å². The second kappa shape index (κ2) is 5.99. The fourth-order valence-corrected chi connectivity index (χ4v) is 2.62. The van der Waals surface area contributed by atoms with Gasteiger partial charge in [0.2, 0.25) is 0 Å². The van der Waals surface area contributed by atoms with Gasteiger partial charge < -0.3 is 10.4 Å². The van der Waals surface area contributed by atoms with Crippen LogP contribution in [0.15, 0.2) is 35.7 Å². The van der Waals surface area contributed by atoms with Gasteiger partial charge >= 0.3 is 0 Å². The van der Waals surface area contributed by atoms with Crippen LogP contribution < -0.4 is 5.32 Å². The molecule has 0 saturated carbocycles. The lowest BCUT2D eigenvalue weighted by Crippen LogP contribution is -2.28. The summed E-state index contributed by atoms with van der Waals surface area (Å²) in [7, 11) is 0. The number of nitrogens with one attached hydrogen (secondary N) is 1. The number of hydrogen-bond donors (Lipinski definition) is 2. The second-order valence-corrected chi connectivity index (χ2v) is 5.49. The summed E-state index contributed by atoms with van der Waals surface area (Å²) < 4.78 is 0. The minimum Gasteiger partial charge on any atom is -0.387 e. The average molecular weight is 275 g/mol. The number of benzene rings is 1. The van der Waals surface area contributed by atoms with Gasteiger partial charge in [-0.2, -0.15) is 0 Å². The molecule has 0 fully saturated rings.